The summed E-state index contributed by atoms with van der Waals surface area (Å²) < 4.78 is 6.09. The standard InChI is InChI=1S/C21H18N2O4S/c1-27-18(25)13-22-20-19(28-21(22)26)16(14-8-4-2-5-9-14)12-17(24)23(20)15-10-6-3-7-11-15/h2-11,16H,12-13H2,1H3/t16-/m0/s1. The summed E-state index contributed by atoms with van der Waals surface area (Å²) >= 11 is 1.08. The van der Waals surface area contributed by atoms with Crippen LogP contribution in [0.2, 0.25) is 0 Å². The average molecular weight is 394 g/mol. The lowest BCUT2D eigenvalue weighted by Crippen LogP contribution is -2.36. The van der Waals surface area contributed by atoms with Gasteiger partial charge in [0.1, 0.15) is 12.4 Å². The van der Waals surface area contributed by atoms with Crippen LogP contribution in [0.1, 0.15) is 22.8 Å². The van der Waals surface area contributed by atoms with Crippen LogP contribution < -0.4 is 9.77 Å². The van der Waals surface area contributed by atoms with E-state index in [0.717, 1.165) is 21.8 Å². The lowest BCUT2D eigenvalue weighted by atomic mass is 9.90. The van der Waals surface area contributed by atoms with Crippen molar-refractivity contribution in [2.45, 2.75) is 18.9 Å². The van der Waals surface area contributed by atoms with E-state index >= 15 is 0 Å². The highest BCUT2D eigenvalue weighted by Crippen LogP contribution is 2.44. The number of hydrogen-bond donors (Lipinski definition) is 0. The van der Waals surface area contributed by atoms with Crippen LogP contribution in [-0.4, -0.2) is 23.6 Å². The number of carbonyl (C=O) groups is 2. The second-order valence-electron chi connectivity index (χ2n) is 6.45. The Morgan fingerprint density at radius 3 is 2.36 bits per heavy atom. The molecule has 0 saturated carbocycles. The monoisotopic (exact) mass is 394 g/mol. The van der Waals surface area contributed by atoms with E-state index < -0.39 is 5.97 Å². The molecule has 0 fully saturated rings. The van der Waals surface area contributed by atoms with Gasteiger partial charge in [0.2, 0.25) is 5.91 Å². The molecule has 6 nitrogen and oxygen atoms in total. The maximum Gasteiger partial charge on any atom is 0.325 e. The highest BCUT2D eigenvalue weighted by molar-refractivity contribution is 7.10. The number of amides is 1. The van der Waals surface area contributed by atoms with Crippen molar-refractivity contribution in [2.24, 2.45) is 0 Å². The Balaban J connectivity index is 1.92. The van der Waals surface area contributed by atoms with E-state index in [2.05, 4.69) is 0 Å². The van der Waals surface area contributed by atoms with E-state index in [4.69, 9.17) is 4.74 Å². The summed E-state index contributed by atoms with van der Waals surface area (Å²) in [6.45, 7) is -0.237. The molecule has 142 valence electrons. The van der Waals surface area contributed by atoms with Crippen molar-refractivity contribution in [1.29, 1.82) is 0 Å². The number of rotatable bonds is 4. The maximum atomic E-state index is 13.2. The van der Waals surface area contributed by atoms with Gasteiger partial charge in [0.15, 0.2) is 0 Å². The molecule has 1 aliphatic rings. The molecule has 2 heterocycles. The number of fused-ring (bicyclic) bond motifs is 1. The van der Waals surface area contributed by atoms with Gasteiger partial charge in [-0.2, -0.15) is 0 Å². The molecule has 0 spiro atoms. The van der Waals surface area contributed by atoms with E-state index in [1.54, 1.807) is 0 Å². The molecule has 0 saturated heterocycles. The zero-order chi connectivity index (χ0) is 19.7. The van der Waals surface area contributed by atoms with Gasteiger partial charge in [-0.25, -0.2) is 0 Å². The fourth-order valence-corrected chi connectivity index (χ4v) is 4.58. The second kappa shape index (κ2) is 7.44. The Morgan fingerprint density at radius 2 is 1.71 bits per heavy atom. The molecule has 2 aromatic carbocycles. The van der Waals surface area contributed by atoms with E-state index in [1.807, 2.05) is 60.7 Å². The number of methoxy groups -OCH3 is 1. The molecule has 0 aliphatic carbocycles. The van der Waals surface area contributed by atoms with Gasteiger partial charge >= 0.3 is 10.8 Å². The smallest absolute Gasteiger partial charge is 0.325 e. The van der Waals surface area contributed by atoms with Gasteiger partial charge < -0.3 is 4.74 Å². The van der Waals surface area contributed by atoms with Crippen molar-refractivity contribution in [3.8, 4) is 0 Å². The molecule has 1 aliphatic heterocycles. The molecule has 1 atom stereocenters. The lowest BCUT2D eigenvalue weighted by molar-refractivity contribution is -0.141. The first-order chi connectivity index (χ1) is 13.6. The third-order valence-electron chi connectivity index (χ3n) is 4.78. The molecule has 0 N–H and O–H groups in total. The molecule has 7 heteroatoms. The maximum absolute atomic E-state index is 13.2. The highest BCUT2D eigenvalue weighted by atomic mass is 32.1. The lowest BCUT2D eigenvalue weighted by Gasteiger charge is -2.32. The van der Waals surface area contributed by atoms with Gasteiger partial charge in [0.25, 0.3) is 0 Å². The number of benzene rings is 2. The van der Waals surface area contributed by atoms with Gasteiger partial charge in [-0.05, 0) is 17.7 Å². The number of ether oxygens (including phenoxy) is 1. The van der Waals surface area contributed by atoms with E-state index in [1.165, 1.54) is 16.6 Å². The van der Waals surface area contributed by atoms with Gasteiger partial charge in [0.05, 0.1) is 17.7 Å². The number of anilines is 2. The SMILES string of the molecule is COC(=O)Cn1c2c(sc1=O)[C@H](c1ccccc1)CC(=O)N2c1ccccc1. The van der Waals surface area contributed by atoms with Crippen LogP contribution in [-0.2, 0) is 20.9 Å². The van der Waals surface area contributed by atoms with Crippen LogP contribution in [0.5, 0.6) is 0 Å². The van der Waals surface area contributed by atoms with E-state index in [0.29, 0.717) is 11.5 Å². The zero-order valence-electron chi connectivity index (χ0n) is 15.2. The number of thiazole rings is 1. The number of aromatic nitrogens is 1. The Labute approximate surface area is 165 Å². The van der Waals surface area contributed by atoms with Gasteiger partial charge in [-0.1, -0.05) is 59.9 Å². The number of para-hydroxylation sites is 1. The van der Waals surface area contributed by atoms with Crippen molar-refractivity contribution in [1.82, 2.24) is 4.57 Å². The molecule has 1 amide bonds. The molecule has 0 radical (unpaired) electrons. The van der Waals surface area contributed by atoms with Gasteiger partial charge in [-0.3, -0.25) is 23.9 Å². The quantitative estimate of drug-likeness (QED) is 0.637. The largest absolute Gasteiger partial charge is 0.468 e. The minimum Gasteiger partial charge on any atom is -0.468 e. The van der Waals surface area contributed by atoms with E-state index in [-0.39, 0.29) is 29.7 Å². The Kier molecular flexibility index (Phi) is 4.83. The van der Waals surface area contributed by atoms with Gasteiger partial charge in [-0.15, -0.1) is 0 Å². The van der Waals surface area contributed by atoms with Crippen molar-refractivity contribution in [3.63, 3.8) is 0 Å². The average Bonchev–Trinajstić information content (AvgIpc) is 3.04. The van der Waals surface area contributed by atoms with Gasteiger partial charge in [0, 0.05) is 12.3 Å². The first-order valence-electron chi connectivity index (χ1n) is 8.83. The second-order valence-corrected chi connectivity index (χ2v) is 7.44. The molecule has 4 rings (SSSR count). The van der Waals surface area contributed by atoms with Crippen molar-refractivity contribution in [3.05, 3.63) is 80.8 Å². The summed E-state index contributed by atoms with van der Waals surface area (Å²) in [6, 6.07) is 18.8. The van der Waals surface area contributed by atoms with Crippen molar-refractivity contribution < 1.29 is 14.3 Å². The number of hydrogen-bond acceptors (Lipinski definition) is 5. The minimum absolute atomic E-state index is 0.121. The molecule has 28 heavy (non-hydrogen) atoms. The summed E-state index contributed by atoms with van der Waals surface area (Å²) in [5.41, 5.74) is 1.63. The topological polar surface area (TPSA) is 68.6 Å². The van der Waals surface area contributed by atoms with Crippen molar-refractivity contribution >= 4 is 34.7 Å². The van der Waals surface area contributed by atoms with Crippen LogP contribution in [0.3, 0.4) is 0 Å². The molecular formula is C21H18N2O4S. The number of carbonyl (C=O) groups excluding carboxylic acids is 2. The minimum atomic E-state index is -0.537. The van der Waals surface area contributed by atoms with Crippen molar-refractivity contribution in [2.75, 3.05) is 12.0 Å². The molecule has 3 aromatic rings. The zero-order valence-corrected chi connectivity index (χ0v) is 16.0. The van der Waals surface area contributed by atoms with Crippen LogP contribution in [0.15, 0.2) is 65.5 Å². The van der Waals surface area contributed by atoms with Crippen LogP contribution in [0.25, 0.3) is 0 Å². The Morgan fingerprint density at radius 1 is 1.07 bits per heavy atom. The third-order valence-corrected chi connectivity index (χ3v) is 5.86. The predicted octanol–water partition coefficient (Wildman–Crippen LogP) is 3.28. The predicted molar refractivity (Wildman–Crippen MR) is 107 cm³/mol. The number of esters is 1. The summed E-state index contributed by atoms with van der Waals surface area (Å²) in [6.07, 6.45) is 0.254. The fourth-order valence-electron chi connectivity index (χ4n) is 3.48. The van der Waals surface area contributed by atoms with Crippen LogP contribution >= 0.6 is 11.3 Å². The molecular weight excluding hydrogens is 376 g/mol. The first-order valence-corrected chi connectivity index (χ1v) is 9.65. The summed E-state index contributed by atoms with van der Waals surface area (Å²) in [5, 5.41) is 0. The summed E-state index contributed by atoms with van der Waals surface area (Å²) in [5.74, 6) is -0.425. The third kappa shape index (κ3) is 3.14. The first kappa shape index (κ1) is 18.2. The summed E-state index contributed by atoms with van der Waals surface area (Å²) in [4.78, 5) is 39.9. The number of nitrogens with zero attached hydrogens (tertiary/aromatic N) is 2. The Bertz CT molecular complexity index is 1070. The van der Waals surface area contributed by atoms with E-state index in [9.17, 15) is 14.4 Å². The fraction of sp³-hybridized carbons (Fsp3) is 0.190. The van der Waals surface area contributed by atoms with Crippen LogP contribution in [0.4, 0.5) is 11.5 Å². The summed E-state index contributed by atoms with van der Waals surface area (Å²) in [7, 11) is 1.28. The normalized spacial score (nSPS) is 16.0. The Hall–Kier alpha value is -3.19. The van der Waals surface area contributed by atoms with Crippen LogP contribution in [0, 0.1) is 0 Å². The highest BCUT2D eigenvalue weighted by Gasteiger charge is 2.38. The molecule has 0 bridgehead atoms. The molecule has 0 unspecified atom stereocenters. The molecule has 1 aromatic heterocycles.